The molecule has 2 aromatic carbocycles. The van der Waals surface area contributed by atoms with Gasteiger partial charge in [-0.3, -0.25) is 0 Å². The van der Waals surface area contributed by atoms with E-state index in [2.05, 4.69) is 5.32 Å². The van der Waals surface area contributed by atoms with Gasteiger partial charge < -0.3 is 10.1 Å². The number of ether oxygens (including phenoxy) is 1. The Bertz CT molecular complexity index is 575. The highest BCUT2D eigenvalue weighted by Crippen LogP contribution is 2.32. The first-order chi connectivity index (χ1) is 9.56. The van der Waals surface area contributed by atoms with Gasteiger partial charge in [0.2, 0.25) is 0 Å². The van der Waals surface area contributed by atoms with E-state index in [9.17, 15) is 0 Å². The van der Waals surface area contributed by atoms with Crippen LogP contribution >= 0.6 is 34.8 Å². The molecule has 2 nitrogen and oxygen atoms in total. The lowest BCUT2D eigenvalue weighted by Gasteiger charge is -2.17. The zero-order chi connectivity index (χ0) is 14.5. The highest BCUT2D eigenvalue weighted by Gasteiger charge is 2.08. The molecule has 5 heteroatoms. The van der Waals surface area contributed by atoms with Gasteiger partial charge in [0.1, 0.15) is 11.9 Å². The number of anilines is 1. The lowest BCUT2D eigenvalue weighted by atomic mass is 10.3. The van der Waals surface area contributed by atoms with Gasteiger partial charge in [-0.15, -0.1) is 0 Å². The van der Waals surface area contributed by atoms with Crippen molar-refractivity contribution in [3.63, 3.8) is 0 Å². The Balaban J connectivity index is 1.93. The van der Waals surface area contributed by atoms with Gasteiger partial charge in [-0.05, 0) is 31.2 Å². The van der Waals surface area contributed by atoms with Crippen LogP contribution in [-0.4, -0.2) is 12.6 Å². The number of hydrogen-bond donors (Lipinski definition) is 1. The van der Waals surface area contributed by atoms with Gasteiger partial charge in [0.15, 0.2) is 0 Å². The summed E-state index contributed by atoms with van der Waals surface area (Å²) in [7, 11) is 0. The summed E-state index contributed by atoms with van der Waals surface area (Å²) >= 11 is 18.0. The molecule has 0 aliphatic carbocycles. The van der Waals surface area contributed by atoms with Crippen molar-refractivity contribution in [1.29, 1.82) is 0 Å². The minimum atomic E-state index is -0.0112. The smallest absolute Gasteiger partial charge is 0.119 e. The van der Waals surface area contributed by atoms with Gasteiger partial charge in [-0.2, -0.15) is 0 Å². The van der Waals surface area contributed by atoms with E-state index in [1.54, 1.807) is 12.1 Å². The second kappa shape index (κ2) is 7.07. The first-order valence-electron chi connectivity index (χ1n) is 6.16. The van der Waals surface area contributed by atoms with E-state index < -0.39 is 0 Å². The van der Waals surface area contributed by atoms with Gasteiger partial charge in [0.05, 0.1) is 27.3 Å². The summed E-state index contributed by atoms with van der Waals surface area (Å²) in [4.78, 5) is 0. The van der Waals surface area contributed by atoms with Crippen LogP contribution in [0.1, 0.15) is 6.92 Å². The predicted octanol–water partition coefficient (Wildman–Crippen LogP) is 5.53. The number of halogens is 3. The van der Waals surface area contributed by atoms with Gasteiger partial charge in [0.25, 0.3) is 0 Å². The summed E-state index contributed by atoms with van der Waals surface area (Å²) in [6, 6.07) is 13.0. The maximum atomic E-state index is 6.10. The van der Waals surface area contributed by atoms with Crippen molar-refractivity contribution in [2.24, 2.45) is 0 Å². The first kappa shape index (κ1) is 15.3. The van der Waals surface area contributed by atoms with E-state index in [0.717, 1.165) is 11.4 Å². The third-order valence-electron chi connectivity index (χ3n) is 2.67. The molecule has 0 aromatic heterocycles. The van der Waals surface area contributed by atoms with E-state index in [1.807, 2.05) is 37.3 Å². The van der Waals surface area contributed by atoms with E-state index in [4.69, 9.17) is 39.5 Å². The molecule has 0 amide bonds. The Hall–Kier alpha value is -1.09. The van der Waals surface area contributed by atoms with Crippen molar-refractivity contribution in [2.75, 3.05) is 11.9 Å². The van der Waals surface area contributed by atoms with Crippen molar-refractivity contribution in [2.45, 2.75) is 13.0 Å². The Morgan fingerprint density at radius 3 is 2.35 bits per heavy atom. The van der Waals surface area contributed by atoms with Crippen LogP contribution in [0.4, 0.5) is 5.69 Å². The molecule has 0 unspecified atom stereocenters. The summed E-state index contributed by atoms with van der Waals surface area (Å²) in [5.74, 6) is 0.835. The number of para-hydroxylation sites is 1. The Kier molecular flexibility index (Phi) is 5.41. The molecule has 1 N–H and O–H groups in total. The summed E-state index contributed by atoms with van der Waals surface area (Å²) in [5.41, 5.74) is 0.740. The van der Waals surface area contributed by atoms with E-state index in [1.165, 1.54) is 0 Å². The second-order valence-electron chi connectivity index (χ2n) is 4.37. The van der Waals surface area contributed by atoms with Crippen molar-refractivity contribution >= 4 is 40.5 Å². The molecule has 0 fully saturated rings. The molecule has 0 spiro atoms. The summed E-state index contributed by atoms with van der Waals surface area (Å²) < 4.78 is 5.77. The van der Waals surface area contributed by atoms with Crippen LogP contribution < -0.4 is 10.1 Å². The third kappa shape index (κ3) is 4.20. The molecule has 2 aromatic rings. The molecule has 2 rings (SSSR count). The standard InChI is InChI=1S/C15H14Cl3NO/c1-10(20-11-5-3-2-4-6-11)9-19-15-8-13(17)12(16)7-14(15)18/h2-8,10,19H,9H2,1H3/t10-/m0/s1. The van der Waals surface area contributed by atoms with E-state index >= 15 is 0 Å². The number of benzene rings is 2. The van der Waals surface area contributed by atoms with E-state index in [0.29, 0.717) is 21.6 Å². The maximum absolute atomic E-state index is 6.10. The molecule has 0 saturated heterocycles. The molecule has 0 radical (unpaired) electrons. The molecule has 0 bridgehead atoms. The Labute approximate surface area is 133 Å². The highest BCUT2D eigenvalue weighted by atomic mass is 35.5. The van der Waals surface area contributed by atoms with Crippen molar-refractivity contribution < 1.29 is 4.74 Å². The molecule has 106 valence electrons. The largest absolute Gasteiger partial charge is 0.489 e. The van der Waals surface area contributed by atoms with Crippen molar-refractivity contribution in [3.8, 4) is 5.75 Å². The minimum Gasteiger partial charge on any atom is -0.489 e. The van der Waals surface area contributed by atoms with Crippen molar-refractivity contribution in [1.82, 2.24) is 0 Å². The summed E-state index contributed by atoms with van der Waals surface area (Å²) in [5, 5.41) is 4.64. The van der Waals surface area contributed by atoms with Gasteiger partial charge >= 0.3 is 0 Å². The Morgan fingerprint density at radius 2 is 1.65 bits per heavy atom. The molecule has 0 aliphatic rings. The van der Waals surface area contributed by atoms with Gasteiger partial charge in [0, 0.05) is 0 Å². The molecule has 0 aliphatic heterocycles. The first-order valence-corrected chi connectivity index (χ1v) is 7.30. The minimum absolute atomic E-state index is 0.0112. The van der Waals surface area contributed by atoms with Crippen LogP contribution in [0.15, 0.2) is 42.5 Å². The zero-order valence-electron chi connectivity index (χ0n) is 10.9. The van der Waals surface area contributed by atoms with Crippen LogP contribution in [0.25, 0.3) is 0 Å². The van der Waals surface area contributed by atoms with E-state index in [-0.39, 0.29) is 6.10 Å². The molecule has 1 atom stereocenters. The zero-order valence-corrected chi connectivity index (χ0v) is 13.1. The van der Waals surface area contributed by atoms with Crippen LogP contribution in [0, 0.1) is 0 Å². The highest BCUT2D eigenvalue weighted by molar-refractivity contribution is 6.44. The molecular formula is C15H14Cl3NO. The second-order valence-corrected chi connectivity index (χ2v) is 5.59. The fourth-order valence-electron chi connectivity index (χ4n) is 1.68. The summed E-state index contributed by atoms with van der Waals surface area (Å²) in [6.07, 6.45) is -0.0112. The molecule has 0 heterocycles. The topological polar surface area (TPSA) is 21.3 Å². The molecule has 20 heavy (non-hydrogen) atoms. The van der Waals surface area contributed by atoms with Crippen LogP contribution in [0.5, 0.6) is 5.75 Å². The monoisotopic (exact) mass is 329 g/mol. The van der Waals surface area contributed by atoms with Crippen LogP contribution in [0.3, 0.4) is 0 Å². The Morgan fingerprint density at radius 1 is 1.00 bits per heavy atom. The average molecular weight is 331 g/mol. The van der Waals surface area contributed by atoms with Gasteiger partial charge in [-0.25, -0.2) is 0 Å². The fraction of sp³-hybridized carbons (Fsp3) is 0.200. The number of rotatable bonds is 5. The predicted molar refractivity (Wildman–Crippen MR) is 86.5 cm³/mol. The lowest BCUT2D eigenvalue weighted by molar-refractivity contribution is 0.235. The molecule has 0 saturated carbocycles. The molecular weight excluding hydrogens is 317 g/mol. The summed E-state index contributed by atoms with van der Waals surface area (Å²) in [6.45, 7) is 2.58. The normalized spacial score (nSPS) is 12.0. The average Bonchev–Trinajstić information content (AvgIpc) is 2.42. The maximum Gasteiger partial charge on any atom is 0.119 e. The number of nitrogens with one attached hydrogen (secondary N) is 1. The van der Waals surface area contributed by atoms with Crippen molar-refractivity contribution in [3.05, 3.63) is 57.5 Å². The fourth-order valence-corrected chi connectivity index (χ4v) is 2.30. The third-order valence-corrected chi connectivity index (χ3v) is 3.71. The van der Waals surface area contributed by atoms with Crippen LogP contribution in [0.2, 0.25) is 15.1 Å². The van der Waals surface area contributed by atoms with Gasteiger partial charge in [-0.1, -0.05) is 53.0 Å². The lowest BCUT2D eigenvalue weighted by Crippen LogP contribution is -2.22. The quantitative estimate of drug-likeness (QED) is 0.728. The van der Waals surface area contributed by atoms with Crippen LogP contribution in [-0.2, 0) is 0 Å². The number of hydrogen-bond acceptors (Lipinski definition) is 2. The SMILES string of the molecule is C[C@@H](CNc1cc(Cl)c(Cl)cc1Cl)Oc1ccccc1.